The van der Waals surface area contributed by atoms with Crippen LogP contribution in [0.25, 0.3) is 4.98 Å². The molecule has 1 aliphatic heterocycles. The van der Waals surface area contributed by atoms with Crippen LogP contribution in [-0.4, -0.2) is 39.3 Å². The van der Waals surface area contributed by atoms with Gasteiger partial charge < -0.3 is 12.4 Å². The topological polar surface area (TPSA) is 17.3 Å². The summed E-state index contributed by atoms with van der Waals surface area (Å²) in [6.45, 7) is 7.66. The van der Waals surface area contributed by atoms with Crippen LogP contribution >= 0.6 is 17.0 Å². The fraction of sp³-hybridized carbons (Fsp3) is 0.952. The Balaban J connectivity index is 0.000000614. The second-order valence-electron chi connectivity index (χ2n) is 9.97. The van der Waals surface area contributed by atoms with E-state index < -0.39 is 29.1 Å². The predicted molar refractivity (Wildman–Crippen MR) is 119 cm³/mol. The molecule has 3 aliphatic carbocycles. The summed E-state index contributed by atoms with van der Waals surface area (Å²) in [5.41, 5.74) is 0.963. The zero-order valence-corrected chi connectivity index (χ0v) is 23.2. The van der Waals surface area contributed by atoms with Crippen LogP contribution in [-0.2, 0) is 20.8 Å². The molecule has 3 saturated carbocycles. The van der Waals surface area contributed by atoms with Crippen molar-refractivity contribution in [3.05, 3.63) is 12.4 Å². The molecule has 4 aliphatic rings. The molecule has 4 fully saturated rings. The third-order valence-corrected chi connectivity index (χ3v) is 12.2. The Labute approximate surface area is 188 Å². The minimum absolute atomic E-state index is 0. The van der Waals surface area contributed by atoms with Crippen LogP contribution in [0.15, 0.2) is 0 Å². The van der Waals surface area contributed by atoms with Gasteiger partial charge in [-0.15, -0.1) is 0 Å². The summed E-state index contributed by atoms with van der Waals surface area (Å²) in [6.07, 6.45) is 10.4. The Hall–Kier alpha value is 1.60. The molecule has 0 aromatic heterocycles. The van der Waals surface area contributed by atoms with Gasteiger partial charge in [-0.25, -0.2) is 0 Å². The van der Waals surface area contributed by atoms with Gasteiger partial charge in [-0.05, 0) is 62.3 Å². The van der Waals surface area contributed by atoms with Gasteiger partial charge in [0.15, 0.2) is 0 Å². The van der Waals surface area contributed by atoms with E-state index >= 15 is 0 Å². The minimum atomic E-state index is -1.47. The van der Waals surface area contributed by atoms with Gasteiger partial charge in [-0.1, -0.05) is 53.1 Å². The van der Waals surface area contributed by atoms with Gasteiger partial charge in [0.05, 0.1) is 0 Å². The molecule has 0 aromatic rings. The molecular weight excluding hydrogens is 470 g/mol. The molecule has 0 amide bonds. The summed E-state index contributed by atoms with van der Waals surface area (Å²) in [5, 5.41) is 0. The first kappa shape index (κ1) is 24.9. The maximum absolute atomic E-state index is 5.06. The van der Waals surface area contributed by atoms with Crippen molar-refractivity contribution in [3.63, 3.8) is 0 Å². The standard InChI is InChI=1S/C20H37N2Si.CH3.2ClH.Zr/c1-13-10-11-17-16(12-13)18-19(22(17)3)14-8-6-7-9-15(14)20(18)23(4,5)21-2;;;;/h13-20H,6-12H2,1-5H3;1H3;2*1H;/q2*-1;;;+4/p-2. The van der Waals surface area contributed by atoms with E-state index in [2.05, 4.69) is 39.0 Å². The van der Waals surface area contributed by atoms with E-state index in [4.69, 9.17) is 22.0 Å². The Morgan fingerprint density at radius 1 is 1.00 bits per heavy atom. The van der Waals surface area contributed by atoms with Crippen LogP contribution < -0.4 is 0 Å². The average molecular weight is 511 g/mol. The first-order valence-electron chi connectivity index (χ1n) is 10.7. The van der Waals surface area contributed by atoms with Gasteiger partial charge in [0.2, 0.25) is 0 Å². The van der Waals surface area contributed by atoms with Gasteiger partial charge in [0.1, 0.15) is 0 Å². The number of fused-ring (bicyclic) bond motifs is 5. The molecule has 156 valence electrons. The monoisotopic (exact) mass is 508 g/mol. The summed E-state index contributed by atoms with van der Waals surface area (Å²) in [6, 6.07) is 1.80. The fourth-order valence-electron chi connectivity index (χ4n) is 7.63. The average Bonchev–Trinajstić information content (AvgIpc) is 3.10. The van der Waals surface area contributed by atoms with Crippen LogP contribution in [0.2, 0.25) is 18.6 Å². The molecule has 6 heteroatoms. The van der Waals surface area contributed by atoms with Crippen LogP contribution in [0, 0.1) is 37.0 Å². The van der Waals surface area contributed by atoms with Crippen molar-refractivity contribution in [1.82, 2.24) is 4.90 Å². The fourth-order valence-corrected chi connectivity index (χ4v) is 10.8. The molecule has 8 unspecified atom stereocenters. The SMILES string of the molecule is C[N-][Si](C)(C)C1C2CCCCC2C2C1C1CC(C)CCC1N2C.[CH3-].[Cl][Zr+2][Cl]. The van der Waals surface area contributed by atoms with Gasteiger partial charge in [0, 0.05) is 12.1 Å². The Bertz CT molecular complexity index is 481. The van der Waals surface area contributed by atoms with Crippen molar-refractivity contribution in [1.29, 1.82) is 0 Å². The van der Waals surface area contributed by atoms with E-state index in [-0.39, 0.29) is 7.43 Å². The van der Waals surface area contributed by atoms with Crippen molar-refractivity contribution in [3.8, 4) is 0 Å². The van der Waals surface area contributed by atoms with Gasteiger partial charge in [-0.3, -0.25) is 4.90 Å². The third kappa shape index (κ3) is 4.62. The summed E-state index contributed by atoms with van der Waals surface area (Å²) in [4.78, 5) is 7.95. The Kier molecular flexibility index (Phi) is 9.46. The van der Waals surface area contributed by atoms with Gasteiger partial charge in [-0.2, -0.15) is 7.05 Å². The number of rotatable bonds is 2. The summed E-state index contributed by atoms with van der Waals surface area (Å²) in [5.74, 6) is 4.92. The van der Waals surface area contributed by atoms with Crippen molar-refractivity contribution in [2.24, 2.45) is 29.6 Å². The molecule has 1 saturated heterocycles. The molecule has 1 heterocycles. The second kappa shape index (κ2) is 10.3. The van der Waals surface area contributed by atoms with Crippen molar-refractivity contribution < 1.29 is 20.8 Å². The third-order valence-electron chi connectivity index (χ3n) is 8.59. The van der Waals surface area contributed by atoms with E-state index in [1.54, 1.807) is 0 Å². The van der Waals surface area contributed by atoms with E-state index in [0.29, 0.717) is 0 Å². The molecule has 4 rings (SSSR count). The number of halogens is 2. The van der Waals surface area contributed by atoms with E-state index in [9.17, 15) is 0 Å². The summed E-state index contributed by atoms with van der Waals surface area (Å²) >= 11 is -0.826. The van der Waals surface area contributed by atoms with E-state index in [1.807, 2.05) is 0 Å². The quantitative estimate of drug-likeness (QED) is 0.290. The number of nitrogens with zero attached hydrogens (tertiary/aromatic N) is 2. The number of hydrogen-bond acceptors (Lipinski definition) is 1. The zero-order valence-electron chi connectivity index (χ0n) is 18.2. The van der Waals surface area contributed by atoms with Crippen LogP contribution in [0.4, 0.5) is 0 Å². The zero-order chi connectivity index (χ0) is 19.1. The molecule has 2 nitrogen and oxygen atoms in total. The molecule has 8 atom stereocenters. The predicted octanol–water partition coefficient (Wildman–Crippen LogP) is 6.95. The Morgan fingerprint density at radius 3 is 2.19 bits per heavy atom. The maximum atomic E-state index is 5.06. The molecule has 0 N–H and O–H groups in total. The van der Waals surface area contributed by atoms with Crippen LogP contribution in [0.3, 0.4) is 0 Å². The van der Waals surface area contributed by atoms with Crippen molar-refractivity contribution in [2.45, 2.75) is 82.6 Å². The number of likely N-dealkylation sites (tertiary alicyclic amines) is 1. The molecule has 0 spiro atoms. The Morgan fingerprint density at radius 2 is 1.59 bits per heavy atom. The van der Waals surface area contributed by atoms with E-state index in [1.165, 1.54) is 44.9 Å². The molecule has 0 aromatic carbocycles. The van der Waals surface area contributed by atoms with Crippen molar-refractivity contribution >= 4 is 25.3 Å². The van der Waals surface area contributed by atoms with Gasteiger partial charge >= 0.3 is 37.9 Å². The first-order valence-corrected chi connectivity index (χ1v) is 20.0. The van der Waals surface area contributed by atoms with Crippen LogP contribution in [0.5, 0.6) is 0 Å². The van der Waals surface area contributed by atoms with Crippen molar-refractivity contribution in [2.75, 3.05) is 14.1 Å². The number of hydrogen-bond donors (Lipinski definition) is 0. The van der Waals surface area contributed by atoms with Crippen LogP contribution in [0.1, 0.15) is 51.9 Å². The summed E-state index contributed by atoms with van der Waals surface area (Å²) in [7, 11) is 13.0. The second-order valence-corrected chi connectivity index (χ2v) is 18.1. The van der Waals surface area contributed by atoms with Gasteiger partial charge in [0.25, 0.3) is 0 Å². The molecule has 0 bridgehead atoms. The molecule has 0 radical (unpaired) electrons. The molecular formula is C21H40Cl2N2SiZr. The first-order chi connectivity index (χ1) is 12.4. The normalized spacial score (nSPS) is 43.4. The molecule has 27 heavy (non-hydrogen) atoms. The van der Waals surface area contributed by atoms with E-state index in [0.717, 1.165) is 47.2 Å². The summed E-state index contributed by atoms with van der Waals surface area (Å²) < 4.78 is 0.